The third-order valence-electron chi connectivity index (χ3n) is 2.93. The van der Waals surface area contributed by atoms with Crippen molar-refractivity contribution in [2.45, 2.75) is 38.8 Å². The van der Waals surface area contributed by atoms with E-state index in [1.165, 1.54) is 0 Å². The summed E-state index contributed by atoms with van der Waals surface area (Å²) in [6.45, 7) is 3.23. The van der Waals surface area contributed by atoms with Gasteiger partial charge in [-0.3, -0.25) is 19.2 Å². The molecule has 26 heavy (non-hydrogen) atoms. The third-order valence-corrected chi connectivity index (χ3v) is 3.52. The highest BCUT2D eigenvalue weighted by Gasteiger charge is 2.23. The van der Waals surface area contributed by atoms with Crippen LogP contribution in [0.4, 0.5) is 0 Å². The Labute approximate surface area is 155 Å². The lowest BCUT2D eigenvalue weighted by atomic mass is 10.1. The zero-order chi connectivity index (χ0) is 19.9. The van der Waals surface area contributed by atoms with E-state index in [1.807, 2.05) is 0 Å². The molecule has 0 aromatic rings. The Kier molecular flexibility index (Phi) is 12.8. The second-order valence-corrected chi connectivity index (χ2v) is 5.65. The van der Waals surface area contributed by atoms with Crippen LogP contribution in [0.5, 0.6) is 0 Å². The Morgan fingerprint density at radius 3 is 2.38 bits per heavy atom. The number of carbonyl (C=O) groups excluding carboxylic acids is 4. The molecular weight excluding hydrogens is 368 g/mol. The molecule has 0 fully saturated rings. The van der Waals surface area contributed by atoms with E-state index in [9.17, 15) is 24.1 Å². The quantitative estimate of drug-likeness (QED) is 0.207. The van der Waals surface area contributed by atoms with Gasteiger partial charge in [-0.25, -0.2) is 0 Å². The first-order valence-electron chi connectivity index (χ1n) is 7.95. The number of nitrogens with zero attached hydrogens (tertiary/aromatic N) is 1. The molecule has 0 bridgehead atoms. The van der Waals surface area contributed by atoms with E-state index in [2.05, 4.69) is 20.0 Å². The van der Waals surface area contributed by atoms with Crippen molar-refractivity contribution in [1.29, 1.82) is 0 Å². The molecule has 11 nitrogen and oxygen atoms in total. The Morgan fingerprint density at radius 2 is 1.81 bits per heavy atom. The van der Waals surface area contributed by atoms with Crippen LogP contribution in [0, 0.1) is 4.91 Å². The van der Waals surface area contributed by atoms with Crippen molar-refractivity contribution < 1.29 is 28.7 Å². The minimum Gasteiger partial charge on any atom is -0.465 e. The molecule has 2 atom stereocenters. The van der Waals surface area contributed by atoms with Crippen LogP contribution < -0.4 is 16.4 Å². The summed E-state index contributed by atoms with van der Waals surface area (Å²) in [7, 11) is 0. The summed E-state index contributed by atoms with van der Waals surface area (Å²) in [5, 5.41) is 4.70. The molecule has 4 N–H and O–H groups in total. The van der Waals surface area contributed by atoms with Gasteiger partial charge in [0.05, 0.1) is 13.2 Å². The first-order chi connectivity index (χ1) is 12.3. The highest BCUT2D eigenvalue weighted by Crippen LogP contribution is 2.05. The smallest absolute Gasteiger partial charge is 0.325 e. The van der Waals surface area contributed by atoms with Gasteiger partial charge >= 0.3 is 11.9 Å². The predicted molar refractivity (Wildman–Crippen MR) is 93.7 cm³/mol. The lowest BCUT2D eigenvalue weighted by Gasteiger charge is -2.17. The topological polar surface area (TPSA) is 166 Å². The van der Waals surface area contributed by atoms with Gasteiger partial charge in [-0.05, 0) is 20.3 Å². The highest BCUT2D eigenvalue weighted by molar-refractivity contribution is 7.97. The van der Waals surface area contributed by atoms with E-state index in [0.717, 1.165) is 0 Å². The molecule has 2 unspecified atom stereocenters. The third kappa shape index (κ3) is 10.6. The van der Waals surface area contributed by atoms with Crippen molar-refractivity contribution in [1.82, 2.24) is 10.6 Å². The van der Waals surface area contributed by atoms with E-state index in [1.54, 1.807) is 13.8 Å². The van der Waals surface area contributed by atoms with Gasteiger partial charge < -0.3 is 25.8 Å². The van der Waals surface area contributed by atoms with E-state index in [0.29, 0.717) is 11.9 Å². The molecule has 0 aromatic heterocycles. The van der Waals surface area contributed by atoms with Crippen molar-refractivity contribution in [3.63, 3.8) is 0 Å². The number of rotatable bonds is 13. The number of hydrogen-bond acceptors (Lipinski definition) is 10. The van der Waals surface area contributed by atoms with E-state index >= 15 is 0 Å². The van der Waals surface area contributed by atoms with Crippen molar-refractivity contribution in [2.24, 2.45) is 10.3 Å². The van der Waals surface area contributed by atoms with Gasteiger partial charge in [0.25, 0.3) is 0 Å². The Bertz CT molecular complexity index is 504. The van der Waals surface area contributed by atoms with Crippen molar-refractivity contribution in [2.75, 3.05) is 25.5 Å². The number of ether oxygens (including phenoxy) is 2. The van der Waals surface area contributed by atoms with E-state index in [4.69, 9.17) is 10.5 Å². The molecular formula is C14H24N4O7S. The van der Waals surface area contributed by atoms with Gasteiger partial charge in [0.2, 0.25) is 11.8 Å². The van der Waals surface area contributed by atoms with Gasteiger partial charge in [0, 0.05) is 28.7 Å². The maximum Gasteiger partial charge on any atom is 0.325 e. The van der Waals surface area contributed by atoms with E-state index < -0.39 is 35.8 Å². The van der Waals surface area contributed by atoms with Gasteiger partial charge in [-0.1, -0.05) is 0 Å². The molecule has 12 heteroatoms. The summed E-state index contributed by atoms with van der Waals surface area (Å²) in [6.07, 6.45) is -0.0955. The summed E-state index contributed by atoms with van der Waals surface area (Å²) in [6, 6.07) is -2.04. The number of nitrogens with two attached hydrogens (primary N) is 1. The van der Waals surface area contributed by atoms with Crippen LogP contribution in [0.25, 0.3) is 0 Å². The molecule has 0 radical (unpaired) electrons. The zero-order valence-corrected chi connectivity index (χ0v) is 15.5. The van der Waals surface area contributed by atoms with Crippen molar-refractivity contribution in [3.05, 3.63) is 4.91 Å². The van der Waals surface area contributed by atoms with Crippen LogP contribution in [0.2, 0.25) is 0 Å². The maximum absolute atomic E-state index is 12.0. The van der Waals surface area contributed by atoms with Crippen LogP contribution >= 0.6 is 11.9 Å². The lowest BCUT2D eigenvalue weighted by molar-refractivity contribution is -0.145. The molecule has 0 aliphatic carbocycles. The molecule has 2 amide bonds. The molecule has 0 rings (SSSR count). The fourth-order valence-electron chi connectivity index (χ4n) is 1.70. The predicted octanol–water partition coefficient (Wildman–Crippen LogP) is -0.764. The van der Waals surface area contributed by atoms with Crippen LogP contribution in [0.1, 0.15) is 26.7 Å². The molecule has 148 valence electrons. The fourth-order valence-corrected chi connectivity index (χ4v) is 2.15. The summed E-state index contributed by atoms with van der Waals surface area (Å²) < 4.78 is 12.0. The lowest BCUT2D eigenvalue weighted by Crippen LogP contribution is -2.49. The number of nitrogens with one attached hydrogen (secondary N) is 2. The normalized spacial score (nSPS) is 12.4. The largest absolute Gasteiger partial charge is 0.465 e. The van der Waals surface area contributed by atoms with Crippen LogP contribution in [0.15, 0.2) is 4.58 Å². The minimum atomic E-state index is -1.08. The second kappa shape index (κ2) is 14.0. The number of carbonyl (C=O) groups is 4. The molecule has 0 saturated heterocycles. The summed E-state index contributed by atoms with van der Waals surface area (Å²) >= 11 is 0.546. The maximum atomic E-state index is 12.0. The van der Waals surface area contributed by atoms with Crippen LogP contribution in [-0.2, 0) is 28.7 Å². The molecule has 0 aromatic carbocycles. The standard InChI is InChI=1S/C14H24N4O7S/c1-3-24-12(20)7-16-13(21)10(8-26-18-23)17-11(19)6-5-9(15)14(22)25-4-2/h9-10H,3-8,15H2,1-2H3,(H,16,21)(H,17,19). The first-order valence-corrected chi connectivity index (χ1v) is 8.89. The Morgan fingerprint density at radius 1 is 1.15 bits per heavy atom. The van der Waals surface area contributed by atoms with Gasteiger partial charge in [-0.2, -0.15) is 0 Å². The summed E-state index contributed by atoms with van der Waals surface area (Å²) in [5.74, 6) is -2.59. The van der Waals surface area contributed by atoms with Crippen molar-refractivity contribution >= 4 is 35.7 Å². The average Bonchev–Trinajstić information content (AvgIpc) is 2.61. The SMILES string of the molecule is CCOC(=O)CNC(=O)C(CSN=O)NC(=O)CCC(N)C(=O)OCC. The molecule has 0 aliphatic rings. The second-order valence-electron chi connectivity index (χ2n) is 4.91. The molecule has 0 saturated carbocycles. The highest BCUT2D eigenvalue weighted by atomic mass is 32.2. The Hall–Kier alpha value is -2.21. The number of amides is 2. The number of nitroso groups, excluding NO2 is 1. The van der Waals surface area contributed by atoms with E-state index in [-0.39, 0.29) is 38.4 Å². The van der Waals surface area contributed by atoms with Crippen molar-refractivity contribution in [3.8, 4) is 0 Å². The van der Waals surface area contributed by atoms with Gasteiger partial charge in [-0.15, -0.1) is 4.91 Å². The summed E-state index contributed by atoms with van der Waals surface area (Å²) in [5.41, 5.74) is 5.59. The monoisotopic (exact) mass is 392 g/mol. The molecule has 0 spiro atoms. The van der Waals surface area contributed by atoms with Gasteiger partial charge in [0.15, 0.2) is 0 Å². The Balaban J connectivity index is 4.51. The van der Waals surface area contributed by atoms with Gasteiger partial charge in [0.1, 0.15) is 18.6 Å². The van der Waals surface area contributed by atoms with Crippen LogP contribution in [-0.4, -0.2) is 61.3 Å². The first kappa shape index (κ1) is 23.8. The zero-order valence-electron chi connectivity index (χ0n) is 14.7. The molecule has 0 heterocycles. The average molecular weight is 392 g/mol. The minimum absolute atomic E-state index is 0.0287. The number of esters is 2. The fraction of sp³-hybridized carbons (Fsp3) is 0.714. The van der Waals surface area contributed by atoms with Crippen LogP contribution in [0.3, 0.4) is 0 Å². The number of hydrogen-bond donors (Lipinski definition) is 3. The summed E-state index contributed by atoms with van der Waals surface area (Å²) in [4.78, 5) is 56.9. The molecule has 0 aliphatic heterocycles.